The second-order valence-corrected chi connectivity index (χ2v) is 6.54. The van der Waals surface area contributed by atoms with E-state index in [0.717, 1.165) is 8.44 Å². The van der Waals surface area contributed by atoms with Crippen molar-refractivity contribution >= 4 is 27.4 Å². The Balaban J connectivity index is 2.19. The lowest BCUT2D eigenvalue weighted by atomic mass is 10.2. The van der Waals surface area contributed by atoms with Gasteiger partial charge in [-0.05, 0) is 30.5 Å². The number of para-hydroxylation sites is 1. The van der Waals surface area contributed by atoms with Gasteiger partial charge in [0.2, 0.25) is 0 Å². The van der Waals surface area contributed by atoms with E-state index in [4.69, 9.17) is 4.84 Å². The number of fused-ring (bicyclic) bond motifs is 1. The van der Waals surface area contributed by atoms with Crippen molar-refractivity contribution in [3.63, 3.8) is 0 Å². The number of benzene rings is 1. The van der Waals surface area contributed by atoms with Gasteiger partial charge in [-0.1, -0.05) is 18.2 Å². The van der Waals surface area contributed by atoms with E-state index in [1.54, 1.807) is 44.2 Å². The first-order valence-electron chi connectivity index (χ1n) is 6.41. The van der Waals surface area contributed by atoms with Crippen LogP contribution in [0.1, 0.15) is 24.2 Å². The van der Waals surface area contributed by atoms with E-state index < -0.39 is 16.3 Å². The third-order valence-electron chi connectivity index (χ3n) is 3.35. The van der Waals surface area contributed by atoms with Gasteiger partial charge in [-0.2, -0.15) is 8.42 Å². The standard InChI is InChI=1S/C14H14N2O4S/c1-10-7-11(2)20-16(10)21(18,19)15-8-12(9-17)13-5-3-4-6-14(13)15/h3-10H,1-2H3. The highest BCUT2D eigenvalue weighted by atomic mass is 32.2. The highest BCUT2D eigenvalue weighted by molar-refractivity contribution is 7.87. The summed E-state index contributed by atoms with van der Waals surface area (Å²) < 4.78 is 27.5. The SMILES string of the molecule is CC1=CC(C)N(S(=O)(=O)n2cc(C=O)c3ccccc32)O1. The Hall–Kier alpha value is -2.12. The first-order valence-corrected chi connectivity index (χ1v) is 7.81. The summed E-state index contributed by atoms with van der Waals surface area (Å²) in [5.41, 5.74) is 0.769. The van der Waals surface area contributed by atoms with Gasteiger partial charge in [0.1, 0.15) is 5.76 Å². The van der Waals surface area contributed by atoms with Crippen LogP contribution in [0.5, 0.6) is 0 Å². The number of rotatable bonds is 3. The van der Waals surface area contributed by atoms with Gasteiger partial charge < -0.3 is 4.84 Å². The Kier molecular flexibility index (Phi) is 3.11. The zero-order valence-corrected chi connectivity index (χ0v) is 12.4. The molecule has 0 fully saturated rings. The molecule has 1 aromatic heterocycles. The Morgan fingerprint density at radius 1 is 1.29 bits per heavy atom. The lowest BCUT2D eigenvalue weighted by molar-refractivity contribution is -0.0269. The third kappa shape index (κ3) is 2.05. The molecule has 1 aliphatic heterocycles. The van der Waals surface area contributed by atoms with Crippen molar-refractivity contribution in [1.82, 2.24) is 8.44 Å². The first-order chi connectivity index (χ1) is 9.95. The van der Waals surface area contributed by atoms with Crippen LogP contribution >= 0.6 is 0 Å². The van der Waals surface area contributed by atoms with Crippen molar-refractivity contribution in [3.05, 3.63) is 47.9 Å². The minimum absolute atomic E-state index is 0.325. The highest BCUT2D eigenvalue weighted by Gasteiger charge is 2.35. The zero-order valence-electron chi connectivity index (χ0n) is 11.6. The van der Waals surface area contributed by atoms with Crippen molar-refractivity contribution in [3.8, 4) is 0 Å². The molecule has 21 heavy (non-hydrogen) atoms. The van der Waals surface area contributed by atoms with E-state index in [0.29, 0.717) is 28.5 Å². The molecular weight excluding hydrogens is 292 g/mol. The van der Waals surface area contributed by atoms with E-state index in [-0.39, 0.29) is 0 Å². The molecule has 2 aromatic rings. The van der Waals surface area contributed by atoms with Gasteiger partial charge in [-0.15, -0.1) is 0 Å². The molecule has 0 amide bonds. The highest BCUT2D eigenvalue weighted by Crippen LogP contribution is 2.27. The predicted molar refractivity (Wildman–Crippen MR) is 77.8 cm³/mol. The summed E-state index contributed by atoms with van der Waals surface area (Å²) in [7, 11) is -3.92. The fourth-order valence-electron chi connectivity index (χ4n) is 2.46. The second-order valence-electron chi connectivity index (χ2n) is 4.89. The number of hydrogen-bond donors (Lipinski definition) is 0. The second kappa shape index (κ2) is 4.71. The Labute approximate surface area is 122 Å². The Morgan fingerprint density at radius 2 is 2.00 bits per heavy atom. The summed E-state index contributed by atoms with van der Waals surface area (Å²) in [5.74, 6) is 0.526. The topological polar surface area (TPSA) is 68.6 Å². The van der Waals surface area contributed by atoms with Crippen LogP contribution in [0.2, 0.25) is 0 Å². The van der Waals surface area contributed by atoms with Crippen LogP contribution in [0.3, 0.4) is 0 Å². The van der Waals surface area contributed by atoms with Gasteiger partial charge in [0.05, 0.1) is 11.6 Å². The van der Waals surface area contributed by atoms with Gasteiger partial charge >= 0.3 is 10.2 Å². The van der Waals surface area contributed by atoms with Crippen molar-refractivity contribution in [2.75, 3.05) is 0 Å². The molecule has 0 saturated heterocycles. The number of carbonyl (C=O) groups is 1. The molecule has 7 heteroatoms. The monoisotopic (exact) mass is 306 g/mol. The molecule has 0 radical (unpaired) electrons. The predicted octanol–water partition coefficient (Wildman–Crippen LogP) is 2.09. The summed E-state index contributed by atoms with van der Waals surface area (Å²) in [6, 6.07) is 6.44. The molecule has 110 valence electrons. The Morgan fingerprint density at radius 3 is 2.62 bits per heavy atom. The first kappa shape index (κ1) is 13.8. The van der Waals surface area contributed by atoms with Crippen LogP contribution in [0.15, 0.2) is 42.3 Å². The van der Waals surface area contributed by atoms with E-state index >= 15 is 0 Å². The van der Waals surface area contributed by atoms with E-state index in [9.17, 15) is 13.2 Å². The summed E-state index contributed by atoms with van der Waals surface area (Å²) in [5, 5.41) is 0.590. The van der Waals surface area contributed by atoms with Crippen molar-refractivity contribution < 1.29 is 18.0 Å². The quantitative estimate of drug-likeness (QED) is 0.814. The summed E-state index contributed by atoms with van der Waals surface area (Å²) in [6.45, 7) is 3.41. The lowest BCUT2D eigenvalue weighted by Gasteiger charge is -2.20. The van der Waals surface area contributed by atoms with Crippen LogP contribution in [-0.4, -0.2) is 29.2 Å². The van der Waals surface area contributed by atoms with Crippen LogP contribution < -0.4 is 0 Å². The van der Waals surface area contributed by atoms with Gasteiger partial charge in [0.25, 0.3) is 0 Å². The maximum absolute atomic E-state index is 12.7. The summed E-state index contributed by atoms with van der Waals surface area (Å²) >= 11 is 0. The van der Waals surface area contributed by atoms with Crippen molar-refractivity contribution in [1.29, 1.82) is 0 Å². The normalized spacial score (nSPS) is 19.5. The molecule has 6 nitrogen and oxygen atoms in total. The summed E-state index contributed by atoms with van der Waals surface area (Å²) in [6.07, 6.45) is 3.67. The smallest absolute Gasteiger partial charge is 0.339 e. The third-order valence-corrected chi connectivity index (χ3v) is 5.02. The molecule has 0 aliphatic carbocycles. The Bertz CT molecular complexity index is 851. The minimum atomic E-state index is -3.92. The average molecular weight is 306 g/mol. The van der Waals surface area contributed by atoms with E-state index in [1.165, 1.54) is 6.20 Å². The largest absolute Gasteiger partial charge is 0.394 e. The van der Waals surface area contributed by atoms with E-state index in [1.807, 2.05) is 0 Å². The molecular formula is C14H14N2O4S. The fourth-order valence-corrected chi connectivity index (χ4v) is 3.98. The molecule has 0 spiro atoms. The van der Waals surface area contributed by atoms with Crippen LogP contribution in [0.25, 0.3) is 10.9 Å². The van der Waals surface area contributed by atoms with Crippen LogP contribution in [0.4, 0.5) is 0 Å². The van der Waals surface area contributed by atoms with E-state index in [2.05, 4.69) is 0 Å². The van der Waals surface area contributed by atoms with Crippen molar-refractivity contribution in [2.24, 2.45) is 0 Å². The number of carbonyl (C=O) groups excluding carboxylic acids is 1. The van der Waals surface area contributed by atoms with Gasteiger partial charge in [-0.25, -0.2) is 3.97 Å². The molecule has 0 N–H and O–H groups in total. The number of hydroxylamine groups is 1. The van der Waals surface area contributed by atoms with Crippen molar-refractivity contribution in [2.45, 2.75) is 19.9 Å². The number of aromatic nitrogens is 1. The molecule has 1 unspecified atom stereocenters. The molecule has 3 rings (SSSR count). The average Bonchev–Trinajstić information content (AvgIpc) is 2.99. The number of nitrogens with zero attached hydrogens (tertiary/aromatic N) is 2. The molecule has 0 saturated carbocycles. The van der Waals surface area contributed by atoms with Gasteiger partial charge in [0, 0.05) is 17.1 Å². The molecule has 1 aromatic carbocycles. The molecule has 1 aliphatic rings. The molecule has 2 heterocycles. The zero-order chi connectivity index (χ0) is 15.2. The maximum Gasteiger partial charge on any atom is 0.339 e. The molecule has 1 atom stereocenters. The van der Waals surface area contributed by atoms with Gasteiger partial charge in [-0.3, -0.25) is 4.79 Å². The molecule has 0 bridgehead atoms. The lowest BCUT2D eigenvalue weighted by Crippen LogP contribution is -2.37. The fraction of sp³-hybridized carbons (Fsp3) is 0.214. The van der Waals surface area contributed by atoms with Crippen LogP contribution in [0, 0.1) is 0 Å². The van der Waals surface area contributed by atoms with Crippen LogP contribution in [-0.2, 0) is 15.0 Å². The maximum atomic E-state index is 12.7. The summed E-state index contributed by atoms with van der Waals surface area (Å²) in [4.78, 5) is 16.4. The number of aldehydes is 1. The number of hydrogen-bond acceptors (Lipinski definition) is 4. The van der Waals surface area contributed by atoms with Gasteiger partial charge in [0.15, 0.2) is 6.29 Å². The minimum Gasteiger partial charge on any atom is -0.394 e. The number of allylic oxidation sites excluding steroid dienone is 1.